The van der Waals surface area contributed by atoms with Gasteiger partial charge in [-0.2, -0.15) is 0 Å². The number of nitrogens with zero attached hydrogens (tertiary/aromatic N) is 2. The zero-order valence-corrected chi connectivity index (χ0v) is 10.7. The summed E-state index contributed by atoms with van der Waals surface area (Å²) in [7, 11) is 1.42. The summed E-state index contributed by atoms with van der Waals surface area (Å²) in [4.78, 5) is 23.5. The van der Waals surface area contributed by atoms with Crippen LogP contribution in [0, 0.1) is 10.1 Å². The molecule has 0 aliphatic rings. The minimum atomic E-state index is -0.689. The largest absolute Gasteiger partial charge is 0.419 e. The lowest BCUT2D eigenvalue weighted by Gasteiger charge is -2.16. The molecule has 6 nitrogen and oxygen atoms in total. The first-order valence-corrected chi connectivity index (χ1v) is 5.83. The third-order valence-corrected chi connectivity index (χ3v) is 2.66. The molecular weight excluding hydrogens is 260 g/mol. The van der Waals surface area contributed by atoms with Crippen LogP contribution >= 0.6 is 0 Å². The third-order valence-electron chi connectivity index (χ3n) is 2.66. The first-order valence-electron chi connectivity index (χ1n) is 5.83. The fraction of sp³-hybridized carbons (Fsp3) is 0.0714. The quantitative estimate of drug-likeness (QED) is 0.635. The second-order valence-corrected chi connectivity index (χ2v) is 3.99. The normalized spacial score (nSPS) is 9.85. The standard InChI is InChI=1S/C14H12N2O4/c1-15(12-9-5-6-10-13(12)16(18)19)14(17)20-11-7-3-2-4-8-11/h2-10H,1H3. The van der Waals surface area contributed by atoms with Crippen LogP contribution in [-0.4, -0.2) is 18.1 Å². The number of hydrogen-bond donors (Lipinski definition) is 0. The summed E-state index contributed by atoms with van der Waals surface area (Å²) < 4.78 is 5.13. The van der Waals surface area contributed by atoms with Crippen molar-refractivity contribution in [1.82, 2.24) is 0 Å². The number of para-hydroxylation sites is 3. The van der Waals surface area contributed by atoms with Crippen LogP contribution in [0.2, 0.25) is 0 Å². The average molecular weight is 272 g/mol. The molecule has 2 aromatic carbocycles. The molecule has 0 aliphatic carbocycles. The van der Waals surface area contributed by atoms with Gasteiger partial charge in [-0.15, -0.1) is 0 Å². The topological polar surface area (TPSA) is 72.7 Å². The summed E-state index contributed by atoms with van der Waals surface area (Å²) >= 11 is 0. The Labute approximate surface area is 115 Å². The van der Waals surface area contributed by atoms with Gasteiger partial charge in [0.1, 0.15) is 11.4 Å². The molecule has 0 bridgehead atoms. The predicted molar refractivity (Wildman–Crippen MR) is 74.0 cm³/mol. The lowest BCUT2D eigenvalue weighted by molar-refractivity contribution is -0.384. The second-order valence-electron chi connectivity index (χ2n) is 3.99. The van der Waals surface area contributed by atoms with Crippen LogP contribution in [0.25, 0.3) is 0 Å². The molecule has 0 saturated heterocycles. The Morgan fingerprint density at radius 3 is 2.35 bits per heavy atom. The summed E-state index contributed by atoms with van der Waals surface area (Å²) in [6, 6.07) is 14.5. The third kappa shape index (κ3) is 2.92. The van der Waals surface area contributed by atoms with Gasteiger partial charge in [-0.1, -0.05) is 30.3 Å². The van der Waals surface area contributed by atoms with E-state index in [1.807, 2.05) is 0 Å². The highest BCUT2D eigenvalue weighted by Gasteiger charge is 2.21. The molecule has 0 saturated carbocycles. The molecule has 0 fully saturated rings. The zero-order valence-electron chi connectivity index (χ0n) is 10.7. The molecule has 2 rings (SSSR count). The van der Waals surface area contributed by atoms with E-state index in [2.05, 4.69) is 0 Å². The molecule has 0 unspecified atom stereocenters. The first kappa shape index (κ1) is 13.5. The van der Waals surface area contributed by atoms with Crippen molar-refractivity contribution in [3.8, 4) is 5.75 Å². The number of anilines is 1. The van der Waals surface area contributed by atoms with Gasteiger partial charge in [-0.25, -0.2) is 4.79 Å². The Hall–Kier alpha value is -2.89. The van der Waals surface area contributed by atoms with E-state index in [0.717, 1.165) is 4.90 Å². The molecule has 1 amide bonds. The lowest BCUT2D eigenvalue weighted by Crippen LogP contribution is -2.29. The summed E-state index contributed by atoms with van der Waals surface area (Å²) in [5, 5.41) is 10.9. The lowest BCUT2D eigenvalue weighted by atomic mass is 10.2. The van der Waals surface area contributed by atoms with Crippen molar-refractivity contribution >= 4 is 17.5 Å². The van der Waals surface area contributed by atoms with Crippen LogP contribution in [0.3, 0.4) is 0 Å². The van der Waals surface area contributed by atoms with Gasteiger partial charge in [-0.3, -0.25) is 15.0 Å². The molecule has 0 N–H and O–H groups in total. The number of amides is 1. The Kier molecular flexibility index (Phi) is 3.95. The highest BCUT2D eigenvalue weighted by Crippen LogP contribution is 2.27. The molecule has 0 heterocycles. The summed E-state index contributed by atoms with van der Waals surface area (Å²) in [6.07, 6.45) is -0.689. The van der Waals surface area contributed by atoms with Crippen LogP contribution in [0.1, 0.15) is 0 Å². The SMILES string of the molecule is CN(C(=O)Oc1ccccc1)c1ccccc1[N+](=O)[O-]. The van der Waals surface area contributed by atoms with Gasteiger partial charge in [0.2, 0.25) is 0 Å². The van der Waals surface area contributed by atoms with E-state index in [1.165, 1.54) is 25.2 Å². The van der Waals surface area contributed by atoms with Crippen molar-refractivity contribution in [1.29, 1.82) is 0 Å². The van der Waals surface area contributed by atoms with Crippen molar-refractivity contribution < 1.29 is 14.5 Å². The minimum Gasteiger partial charge on any atom is -0.410 e. The Morgan fingerprint density at radius 1 is 1.10 bits per heavy atom. The van der Waals surface area contributed by atoms with E-state index in [9.17, 15) is 14.9 Å². The molecule has 0 aromatic heterocycles. The number of nitro groups is 1. The zero-order chi connectivity index (χ0) is 14.5. The van der Waals surface area contributed by atoms with Crippen LogP contribution in [0.5, 0.6) is 5.75 Å². The van der Waals surface area contributed by atoms with E-state index in [-0.39, 0.29) is 11.4 Å². The first-order chi connectivity index (χ1) is 9.59. The van der Waals surface area contributed by atoms with Crippen LogP contribution in [0.4, 0.5) is 16.2 Å². The predicted octanol–water partition coefficient (Wildman–Crippen LogP) is 3.23. The van der Waals surface area contributed by atoms with Crippen molar-refractivity contribution in [2.24, 2.45) is 0 Å². The van der Waals surface area contributed by atoms with Crippen LogP contribution in [0.15, 0.2) is 54.6 Å². The fourth-order valence-electron chi connectivity index (χ4n) is 1.66. The van der Waals surface area contributed by atoms with E-state index >= 15 is 0 Å². The number of benzene rings is 2. The fourth-order valence-corrected chi connectivity index (χ4v) is 1.66. The maximum absolute atomic E-state index is 12.0. The number of ether oxygens (including phenoxy) is 1. The van der Waals surface area contributed by atoms with Gasteiger partial charge in [0.15, 0.2) is 0 Å². The van der Waals surface area contributed by atoms with Gasteiger partial charge < -0.3 is 4.74 Å². The molecule has 0 atom stereocenters. The second kappa shape index (κ2) is 5.83. The maximum atomic E-state index is 12.0. The van der Waals surface area contributed by atoms with Crippen molar-refractivity contribution in [3.05, 3.63) is 64.7 Å². The van der Waals surface area contributed by atoms with Crippen molar-refractivity contribution in [2.45, 2.75) is 0 Å². The molecule has 0 aliphatic heterocycles. The molecule has 20 heavy (non-hydrogen) atoms. The average Bonchev–Trinajstić information content (AvgIpc) is 2.47. The number of nitro benzene ring substituents is 1. The van der Waals surface area contributed by atoms with Gasteiger partial charge in [0.05, 0.1) is 4.92 Å². The number of rotatable bonds is 3. The van der Waals surface area contributed by atoms with E-state index < -0.39 is 11.0 Å². The van der Waals surface area contributed by atoms with Crippen LogP contribution in [-0.2, 0) is 0 Å². The smallest absolute Gasteiger partial charge is 0.410 e. The molecule has 0 spiro atoms. The number of carbonyl (C=O) groups excluding carboxylic acids is 1. The Balaban J connectivity index is 2.21. The molecular formula is C14H12N2O4. The molecule has 6 heteroatoms. The Bertz CT molecular complexity index is 628. The van der Waals surface area contributed by atoms with Gasteiger partial charge in [0.25, 0.3) is 5.69 Å². The maximum Gasteiger partial charge on any atom is 0.419 e. The van der Waals surface area contributed by atoms with E-state index in [1.54, 1.807) is 36.4 Å². The monoisotopic (exact) mass is 272 g/mol. The van der Waals surface area contributed by atoms with Crippen LogP contribution < -0.4 is 9.64 Å². The molecule has 0 radical (unpaired) electrons. The van der Waals surface area contributed by atoms with Gasteiger partial charge >= 0.3 is 6.09 Å². The van der Waals surface area contributed by atoms with Gasteiger partial charge in [0, 0.05) is 13.1 Å². The van der Waals surface area contributed by atoms with Crippen molar-refractivity contribution in [3.63, 3.8) is 0 Å². The number of hydrogen-bond acceptors (Lipinski definition) is 4. The molecule has 2 aromatic rings. The van der Waals surface area contributed by atoms with Gasteiger partial charge in [-0.05, 0) is 18.2 Å². The van der Waals surface area contributed by atoms with Crippen molar-refractivity contribution in [2.75, 3.05) is 11.9 Å². The summed E-state index contributed by atoms with van der Waals surface area (Å²) in [6.45, 7) is 0. The summed E-state index contributed by atoms with van der Waals surface area (Å²) in [5.74, 6) is 0.378. The van der Waals surface area contributed by atoms with E-state index in [4.69, 9.17) is 4.74 Å². The van der Waals surface area contributed by atoms with E-state index in [0.29, 0.717) is 5.75 Å². The minimum absolute atomic E-state index is 0.153. The molecule has 102 valence electrons. The number of carbonyl (C=O) groups is 1. The highest BCUT2D eigenvalue weighted by atomic mass is 16.6. The summed E-state index contributed by atoms with van der Waals surface area (Å²) in [5.41, 5.74) is 0.0263. The Morgan fingerprint density at radius 2 is 1.70 bits per heavy atom. The highest BCUT2D eigenvalue weighted by molar-refractivity contribution is 5.91.